The van der Waals surface area contributed by atoms with Crippen LogP contribution in [-0.2, 0) is 4.79 Å². The van der Waals surface area contributed by atoms with Crippen molar-refractivity contribution >= 4 is 5.91 Å². The van der Waals surface area contributed by atoms with Crippen molar-refractivity contribution in [1.82, 2.24) is 9.80 Å². The van der Waals surface area contributed by atoms with Gasteiger partial charge in [-0.15, -0.1) is 0 Å². The summed E-state index contributed by atoms with van der Waals surface area (Å²) in [6.07, 6.45) is 0. The molecule has 1 saturated heterocycles. The first-order valence-corrected chi connectivity index (χ1v) is 6.53. The van der Waals surface area contributed by atoms with E-state index in [1.807, 2.05) is 0 Å². The highest BCUT2D eigenvalue weighted by molar-refractivity contribution is 5.85. The molecule has 18 heavy (non-hydrogen) atoms. The van der Waals surface area contributed by atoms with Crippen LogP contribution in [0.2, 0.25) is 0 Å². The third kappa shape index (κ3) is 3.43. The largest absolute Gasteiger partial charge is 0.395 e. The second-order valence-electron chi connectivity index (χ2n) is 6.67. The Labute approximate surface area is 110 Å². The fraction of sp³-hybridized carbons (Fsp3) is 0.923. The van der Waals surface area contributed by atoms with E-state index >= 15 is 0 Å². The zero-order valence-electron chi connectivity index (χ0n) is 12.2. The summed E-state index contributed by atoms with van der Waals surface area (Å²) < 4.78 is 0. The Kier molecular flexibility index (Phi) is 4.41. The first-order chi connectivity index (χ1) is 8.07. The molecule has 1 aliphatic rings. The number of nitrogens with zero attached hydrogens (tertiary/aromatic N) is 2. The highest BCUT2D eigenvalue weighted by Crippen LogP contribution is 2.22. The van der Waals surface area contributed by atoms with Gasteiger partial charge < -0.3 is 15.7 Å². The van der Waals surface area contributed by atoms with Crippen molar-refractivity contribution in [3.05, 3.63) is 0 Å². The number of carbonyl (C=O) groups excluding carboxylic acids is 1. The van der Waals surface area contributed by atoms with E-state index in [2.05, 4.69) is 25.7 Å². The minimum Gasteiger partial charge on any atom is -0.395 e. The summed E-state index contributed by atoms with van der Waals surface area (Å²) in [6, 6.07) is -0.00921. The Balaban J connectivity index is 2.76. The van der Waals surface area contributed by atoms with Crippen molar-refractivity contribution in [2.24, 2.45) is 5.73 Å². The summed E-state index contributed by atoms with van der Waals surface area (Å²) in [5, 5.41) is 9.52. The molecule has 0 saturated carbocycles. The maximum absolute atomic E-state index is 12.1. The van der Waals surface area contributed by atoms with Crippen LogP contribution in [0.25, 0.3) is 0 Å². The van der Waals surface area contributed by atoms with E-state index < -0.39 is 5.54 Å². The van der Waals surface area contributed by atoms with Gasteiger partial charge in [0.1, 0.15) is 0 Å². The van der Waals surface area contributed by atoms with Crippen molar-refractivity contribution < 1.29 is 9.90 Å². The van der Waals surface area contributed by atoms with Gasteiger partial charge >= 0.3 is 0 Å². The lowest BCUT2D eigenvalue weighted by molar-refractivity contribution is -0.141. The van der Waals surface area contributed by atoms with Crippen LogP contribution in [0.5, 0.6) is 0 Å². The van der Waals surface area contributed by atoms with Crippen LogP contribution in [0, 0.1) is 0 Å². The molecule has 5 nitrogen and oxygen atoms in total. The van der Waals surface area contributed by atoms with Crippen LogP contribution in [0.15, 0.2) is 0 Å². The van der Waals surface area contributed by atoms with Gasteiger partial charge in [0.2, 0.25) is 5.91 Å². The van der Waals surface area contributed by atoms with Gasteiger partial charge in [-0.05, 0) is 34.6 Å². The van der Waals surface area contributed by atoms with Gasteiger partial charge in [-0.2, -0.15) is 0 Å². The summed E-state index contributed by atoms with van der Waals surface area (Å²) in [7, 11) is 0. The third-order valence-corrected chi connectivity index (χ3v) is 3.39. The molecule has 0 spiro atoms. The predicted octanol–water partition coefficient (Wildman–Crippen LogP) is 0.0273. The van der Waals surface area contributed by atoms with E-state index in [-0.39, 0.29) is 24.1 Å². The van der Waals surface area contributed by atoms with Crippen LogP contribution in [0.1, 0.15) is 34.6 Å². The highest BCUT2D eigenvalue weighted by atomic mass is 16.3. The molecule has 1 fully saturated rings. The predicted molar refractivity (Wildman–Crippen MR) is 72.2 cm³/mol. The molecule has 0 radical (unpaired) electrons. The van der Waals surface area contributed by atoms with E-state index in [4.69, 9.17) is 5.73 Å². The van der Waals surface area contributed by atoms with Crippen LogP contribution < -0.4 is 5.73 Å². The Bertz CT molecular complexity index is 304. The quantitative estimate of drug-likeness (QED) is 0.732. The molecule has 0 aliphatic carbocycles. The third-order valence-electron chi connectivity index (χ3n) is 3.39. The molecule has 0 aromatic carbocycles. The maximum atomic E-state index is 12.1. The lowest BCUT2D eigenvalue weighted by atomic mass is 9.98. The topological polar surface area (TPSA) is 69.8 Å². The molecule has 0 aromatic heterocycles. The Morgan fingerprint density at radius 2 is 1.83 bits per heavy atom. The SMILES string of the molecule is CC(C)(N)C(=O)N1CCN(C(C)(C)C)C(CO)C1. The molecule has 0 bridgehead atoms. The average molecular weight is 257 g/mol. The zero-order valence-corrected chi connectivity index (χ0v) is 12.2. The molecule has 5 heteroatoms. The smallest absolute Gasteiger partial charge is 0.242 e. The summed E-state index contributed by atoms with van der Waals surface area (Å²) in [5.74, 6) is -0.0468. The zero-order chi connectivity index (χ0) is 14.1. The molecule has 1 rings (SSSR count). The average Bonchev–Trinajstić information content (AvgIpc) is 2.24. The van der Waals surface area contributed by atoms with Crippen LogP contribution in [0.3, 0.4) is 0 Å². The standard InChI is InChI=1S/C13H27N3O2/c1-12(2,3)16-7-6-15(8-10(16)9-17)11(18)13(4,5)14/h10,17H,6-9,14H2,1-5H3. The maximum Gasteiger partial charge on any atom is 0.242 e. The number of nitrogens with two attached hydrogens (primary N) is 1. The number of amides is 1. The fourth-order valence-corrected chi connectivity index (χ4v) is 2.49. The monoisotopic (exact) mass is 257 g/mol. The second kappa shape index (κ2) is 5.15. The minimum absolute atomic E-state index is 0.000761. The fourth-order valence-electron chi connectivity index (χ4n) is 2.49. The summed E-state index contributed by atoms with van der Waals surface area (Å²) in [4.78, 5) is 16.2. The molecule has 1 heterocycles. The number of aliphatic hydroxyl groups excluding tert-OH is 1. The molecular weight excluding hydrogens is 230 g/mol. The lowest BCUT2D eigenvalue weighted by Crippen LogP contribution is -2.64. The highest BCUT2D eigenvalue weighted by Gasteiger charge is 2.37. The molecular formula is C13H27N3O2. The van der Waals surface area contributed by atoms with Crippen molar-refractivity contribution in [3.8, 4) is 0 Å². The van der Waals surface area contributed by atoms with Crippen LogP contribution in [0.4, 0.5) is 0 Å². The Hall–Kier alpha value is -0.650. The molecule has 1 amide bonds. The van der Waals surface area contributed by atoms with Gasteiger partial charge in [0.05, 0.1) is 18.2 Å². The summed E-state index contributed by atoms with van der Waals surface area (Å²) >= 11 is 0. The molecule has 1 unspecified atom stereocenters. The number of hydrogen-bond donors (Lipinski definition) is 2. The lowest BCUT2D eigenvalue weighted by Gasteiger charge is -2.48. The number of rotatable bonds is 2. The van der Waals surface area contributed by atoms with Gasteiger partial charge in [-0.3, -0.25) is 9.69 Å². The molecule has 0 aromatic rings. The van der Waals surface area contributed by atoms with Gasteiger partial charge in [0.25, 0.3) is 0 Å². The Morgan fingerprint density at radius 3 is 2.22 bits per heavy atom. The molecule has 3 N–H and O–H groups in total. The van der Waals surface area contributed by atoms with Crippen LogP contribution in [-0.4, -0.2) is 64.2 Å². The van der Waals surface area contributed by atoms with Crippen molar-refractivity contribution in [1.29, 1.82) is 0 Å². The van der Waals surface area contributed by atoms with Crippen molar-refractivity contribution in [3.63, 3.8) is 0 Å². The number of piperazine rings is 1. The van der Waals surface area contributed by atoms with Gasteiger partial charge in [-0.25, -0.2) is 0 Å². The van der Waals surface area contributed by atoms with Crippen molar-refractivity contribution in [2.75, 3.05) is 26.2 Å². The Morgan fingerprint density at radius 1 is 1.28 bits per heavy atom. The minimum atomic E-state index is -0.843. The van der Waals surface area contributed by atoms with E-state index in [1.165, 1.54) is 0 Å². The number of hydrogen-bond acceptors (Lipinski definition) is 4. The van der Waals surface area contributed by atoms with E-state index in [0.29, 0.717) is 13.1 Å². The van der Waals surface area contributed by atoms with E-state index in [1.54, 1.807) is 18.7 Å². The number of aliphatic hydroxyl groups is 1. The molecule has 1 atom stereocenters. The molecule has 106 valence electrons. The summed E-state index contributed by atoms with van der Waals surface area (Å²) in [6.45, 7) is 11.9. The molecule has 1 aliphatic heterocycles. The normalized spacial score (nSPS) is 23.3. The second-order valence-corrected chi connectivity index (χ2v) is 6.67. The van der Waals surface area contributed by atoms with E-state index in [0.717, 1.165) is 6.54 Å². The van der Waals surface area contributed by atoms with Crippen molar-refractivity contribution in [2.45, 2.75) is 51.7 Å². The van der Waals surface area contributed by atoms with Gasteiger partial charge in [0, 0.05) is 25.2 Å². The van der Waals surface area contributed by atoms with Crippen LogP contribution >= 0.6 is 0 Å². The van der Waals surface area contributed by atoms with Gasteiger partial charge in [-0.1, -0.05) is 0 Å². The summed E-state index contributed by atoms with van der Waals surface area (Å²) in [5.41, 5.74) is 5.01. The van der Waals surface area contributed by atoms with E-state index in [9.17, 15) is 9.90 Å². The first-order valence-electron chi connectivity index (χ1n) is 6.53. The number of carbonyl (C=O) groups is 1. The first kappa shape index (κ1) is 15.4. The van der Waals surface area contributed by atoms with Gasteiger partial charge in [0.15, 0.2) is 0 Å².